The van der Waals surface area contributed by atoms with Gasteiger partial charge in [-0.05, 0) is 31.2 Å². The Morgan fingerprint density at radius 2 is 1.88 bits per heavy atom. The number of guanidine groups is 1. The average Bonchev–Trinajstić information content (AvgIpc) is 2.64. The molecular formula is C18H30N4O3. The monoisotopic (exact) mass is 350 g/mol. The molecule has 140 valence electrons. The molecule has 0 radical (unpaired) electrons. The Balaban J connectivity index is 2.31. The molecule has 0 fully saturated rings. The van der Waals surface area contributed by atoms with Gasteiger partial charge in [0, 0.05) is 46.9 Å². The summed E-state index contributed by atoms with van der Waals surface area (Å²) >= 11 is 0. The lowest BCUT2D eigenvalue weighted by Gasteiger charge is -2.18. The van der Waals surface area contributed by atoms with Crippen LogP contribution in [-0.4, -0.2) is 71.4 Å². The third-order valence-corrected chi connectivity index (χ3v) is 3.73. The molecule has 0 aromatic heterocycles. The zero-order valence-corrected chi connectivity index (χ0v) is 15.7. The van der Waals surface area contributed by atoms with E-state index in [1.807, 2.05) is 12.1 Å². The van der Waals surface area contributed by atoms with Crippen molar-refractivity contribution in [3.05, 3.63) is 35.4 Å². The van der Waals surface area contributed by atoms with Gasteiger partial charge in [0.2, 0.25) is 0 Å². The molecule has 0 bridgehead atoms. The Morgan fingerprint density at radius 3 is 2.48 bits per heavy atom. The van der Waals surface area contributed by atoms with E-state index in [0.717, 1.165) is 44.2 Å². The van der Waals surface area contributed by atoms with Crippen LogP contribution in [0.1, 0.15) is 22.3 Å². The first-order valence-corrected chi connectivity index (χ1v) is 8.40. The molecule has 7 heteroatoms. The van der Waals surface area contributed by atoms with Crippen molar-refractivity contribution in [3.8, 4) is 0 Å². The van der Waals surface area contributed by atoms with E-state index in [0.29, 0.717) is 12.1 Å². The summed E-state index contributed by atoms with van der Waals surface area (Å²) in [6.45, 7) is 4.16. The largest absolute Gasteiger partial charge is 0.465 e. The standard InChI is InChI=1S/C18H30N4O3/c1-19-18(20-10-12-22(2)11-5-13-24-3)21-14-15-6-8-16(9-7-15)17(23)25-4/h6-9H,5,10-14H2,1-4H3,(H2,19,20,21). The molecule has 0 aliphatic heterocycles. The molecule has 0 spiro atoms. The van der Waals surface area contributed by atoms with E-state index in [4.69, 9.17) is 9.47 Å². The van der Waals surface area contributed by atoms with Gasteiger partial charge in [0.25, 0.3) is 0 Å². The van der Waals surface area contributed by atoms with Crippen LogP contribution in [0.2, 0.25) is 0 Å². The zero-order valence-electron chi connectivity index (χ0n) is 15.7. The van der Waals surface area contributed by atoms with Gasteiger partial charge in [0.15, 0.2) is 5.96 Å². The van der Waals surface area contributed by atoms with Crippen molar-refractivity contribution >= 4 is 11.9 Å². The van der Waals surface area contributed by atoms with Gasteiger partial charge in [-0.15, -0.1) is 0 Å². The van der Waals surface area contributed by atoms with Crippen LogP contribution in [0.4, 0.5) is 0 Å². The number of carbonyl (C=O) groups is 1. The maximum absolute atomic E-state index is 11.4. The van der Waals surface area contributed by atoms with Crippen LogP contribution in [-0.2, 0) is 16.0 Å². The van der Waals surface area contributed by atoms with Crippen LogP contribution in [0, 0.1) is 0 Å². The fourth-order valence-electron chi connectivity index (χ4n) is 2.24. The molecule has 0 saturated carbocycles. The zero-order chi connectivity index (χ0) is 18.5. The summed E-state index contributed by atoms with van der Waals surface area (Å²) in [5.74, 6) is 0.425. The Bertz CT molecular complexity index is 532. The summed E-state index contributed by atoms with van der Waals surface area (Å²) in [5.41, 5.74) is 1.61. The number of benzene rings is 1. The number of rotatable bonds is 10. The molecule has 2 N–H and O–H groups in total. The molecule has 1 rings (SSSR count). The minimum atomic E-state index is -0.327. The number of hydrogen-bond acceptors (Lipinski definition) is 5. The highest BCUT2D eigenvalue weighted by molar-refractivity contribution is 5.89. The van der Waals surface area contributed by atoms with E-state index in [-0.39, 0.29) is 5.97 Å². The number of ether oxygens (including phenoxy) is 2. The third-order valence-electron chi connectivity index (χ3n) is 3.73. The Morgan fingerprint density at radius 1 is 1.16 bits per heavy atom. The topological polar surface area (TPSA) is 75.2 Å². The lowest BCUT2D eigenvalue weighted by atomic mass is 10.1. The molecule has 1 aromatic rings. The van der Waals surface area contributed by atoms with Gasteiger partial charge in [0.1, 0.15) is 0 Å². The van der Waals surface area contributed by atoms with Gasteiger partial charge in [-0.25, -0.2) is 4.79 Å². The SMILES string of the molecule is CN=C(NCCN(C)CCCOC)NCc1ccc(C(=O)OC)cc1. The van der Waals surface area contributed by atoms with Crippen LogP contribution >= 0.6 is 0 Å². The maximum Gasteiger partial charge on any atom is 0.337 e. The molecule has 0 unspecified atom stereocenters. The van der Waals surface area contributed by atoms with E-state index in [9.17, 15) is 4.79 Å². The molecule has 0 aliphatic carbocycles. The summed E-state index contributed by atoms with van der Waals surface area (Å²) in [5, 5.41) is 6.55. The minimum absolute atomic E-state index is 0.327. The Labute approximate surface area is 150 Å². The number of likely N-dealkylation sites (N-methyl/N-ethyl adjacent to an activating group) is 1. The fourth-order valence-corrected chi connectivity index (χ4v) is 2.24. The number of methoxy groups -OCH3 is 2. The Kier molecular flexibility index (Phi) is 10.3. The quantitative estimate of drug-likeness (QED) is 0.285. The molecular weight excluding hydrogens is 320 g/mol. The maximum atomic E-state index is 11.4. The lowest BCUT2D eigenvalue weighted by Crippen LogP contribution is -2.40. The minimum Gasteiger partial charge on any atom is -0.465 e. The van der Waals surface area contributed by atoms with E-state index < -0.39 is 0 Å². The second kappa shape index (κ2) is 12.3. The number of carbonyl (C=O) groups excluding carboxylic acids is 1. The van der Waals surface area contributed by atoms with Gasteiger partial charge in [-0.3, -0.25) is 4.99 Å². The van der Waals surface area contributed by atoms with E-state index in [1.54, 1.807) is 26.3 Å². The first-order chi connectivity index (χ1) is 12.1. The first kappa shape index (κ1) is 20.9. The highest BCUT2D eigenvalue weighted by atomic mass is 16.5. The van der Waals surface area contributed by atoms with Crippen molar-refractivity contribution in [3.63, 3.8) is 0 Å². The van der Waals surface area contributed by atoms with Crippen molar-refractivity contribution in [1.29, 1.82) is 0 Å². The number of nitrogens with one attached hydrogen (secondary N) is 2. The predicted octanol–water partition coefficient (Wildman–Crippen LogP) is 1.11. The number of aliphatic imine (C=N–C) groups is 1. The summed E-state index contributed by atoms with van der Waals surface area (Å²) in [6, 6.07) is 7.31. The molecule has 0 aliphatic rings. The molecule has 0 amide bonds. The molecule has 7 nitrogen and oxygen atoms in total. The van der Waals surface area contributed by atoms with E-state index >= 15 is 0 Å². The highest BCUT2D eigenvalue weighted by Crippen LogP contribution is 2.05. The second-order valence-electron chi connectivity index (χ2n) is 5.69. The molecule has 0 atom stereocenters. The summed E-state index contributed by atoms with van der Waals surface area (Å²) in [7, 11) is 6.94. The first-order valence-electron chi connectivity index (χ1n) is 8.40. The van der Waals surface area contributed by atoms with Crippen LogP contribution in [0.25, 0.3) is 0 Å². The van der Waals surface area contributed by atoms with Crippen molar-refractivity contribution < 1.29 is 14.3 Å². The van der Waals surface area contributed by atoms with Gasteiger partial charge in [-0.1, -0.05) is 12.1 Å². The van der Waals surface area contributed by atoms with E-state index in [2.05, 4.69) is 27.6 Å². The summed E-state index contributed by atoms with van der Waals surface area (Å²) < 4.78 is 9.75. The lowest BCUT2D eigenvalue weighted by molar-refractivity contribution is 0.0600. The molecule has 0 heterocycles. The predicted molar refractivity (Wildman–Crippen MR) is 100.0 cm³/mol. The van der Waals surface area contributed by atoms with Crippen LogP contribution in [0.5, 0.6) is 0 Å². The molecule has 1 aromatic carbocycles. The third kappa shape index (κ3) is 8.51. The van der Waals surface area contributed by atoms with Gasteiger partial charge < -0.3 is 25.0 Å². The van der Waals surface area contributed by atoms with Crippen molar-refractivity contribution in [1.82, 2.24) is 15.5 Å². The smallest absolute Gasteiger partial charge is 0.337 e. The summed E-state index contributed by atoms with van der Waals surface area (Å²) in [4.78, 5) is 17.9. The van der Waals surface area contributed by atoms with Crippen molar-refractivity contribution in [2.45, 2.75) is 13.0 Å². The van der Waals surface area contributed by atoms with Gasteiger partial charge in [0.05, 0.1) is 12.7 Å². The number of esters is 1. The summed E-state index contributed by atoms with van der Waals surface area (Å²) in [6.07, 6.45) is 1.03. The van der Waals surface area contributed by atoms with Crippen LogP contribution in [0.15, 0.2) is 29.3 Å². The van der Waals surface area contributed by atoms with Crippen LogP contribution < -0.4 is 10.6 Å². The fraction of sp³-hybridized carbons (Fsp3) is 0.556. The average molecular weight is 350 g/mol. The Hall–Kier alpha value is -2.12. The van der Waals surface area contributed by atoms with Gasteiger partial charge >= 0.3 is 5.97 Å². The second-order valence-corrected chi connectivity index (χ2v) is 5.69. The van der Waals surface area contributed by atoms with Crippen molar-refractivity contribution in [2.75, 3.05) is 54.6 Å². The highest BCUT2D eigenvalue weighted by Gasteiger charge is 2.05. The van der Waals surface area contributed by atoms with Crippen molar-refractivity contribution in [2.24, 2.45) is 4.99 Å². The van der Waals surface area contributed by atoms with Gasteiger partial charge in [-0.2, -0.15) is 0 Å². The normalized spacial score (nSPS) is 11.5. The number of nitrogens with zero attached hydrogens (tertiary/aromatic N) is 2. The van der Waals surface area contributed by atoms with E-state index in [1.165, 1.54) is 7.11 Å². The number of hydrogen-bond donors (Lipinski definition) is 2. The molecule has 25 heavy (non-hydrogen) atoms. The molecule has 0 saturated heterocycles. The van der Waals surface area contributed by atoms with Crippen LogP contribution in [0.3, 0.4) is 0 Å².